The largest absolute Gasteiger partial charge is 0.388 e. The molecule has 0 aromatic carbocycles. The van der Waals surface area contributed by atoms with E-state index in [1.54, 1.807) is 0 Å². The smallest absolute Gasteiger partial charge is 0.236 e. The fraction of sp³-hybridized carbons (Fsp3) is 0.917. The highest BCUT2D eigenvalue weighted by Gasteiger charge is 2.43. The van der Waals surface area contributed by atoms with Crippen LogP contribution in [0.25, 0.3) is 0 Å². The Hall–Kier alpha value is -0.770. The first-order chi connectivity index (χ1) is 9.71. The van der Waals surface area contributed by atoms with Crippen LogP contribution in [0.5, 0.6) is 0 Å². The van der Waals surface area contributed by atoms with Crippen LogP contribution in [-0.4, -0.2) is 60.9 Å². The molecule has 1 aliphatic carbocycles. The Morgan fingerprint density at radius 2 is 1.95 bits per heavy atom. The van der Waals surface area contributed by atoms with E-state index in [-0.39, 0.29) is 12.3 Å². The van der Waals surface area contributed by atoms with Crippen molar-refractivity contribution in [2.75, 3.05) is 5.75 Å². The number of ether oxygens (including phenoxy) is 1. The van der Waals surface area contributed by atoms with E-state index in [2.05, 4.69) is 0 Å². The van der Waals surface area contributed by atoms with Gasteiger partial charge in [-0.25, -0.2) is 12.8 Å². The number of alkyl halides is 1. The number of aliphatic hydroxyl groups is 2. The number of hydrogen-bond donors (Lipinski definition) is 3. The number of sulfonamides is 1. The maximum absolute atomic E-state index is 13.4. The molecule has 2 aliphatic rings. The molecule has 2 fully saturated rings. The van der Waals surface area contributed by atoms with E-state index in [4.69, 9.17) is 4.74 Å². The summed E-state index contributed by atoms with van der Waals surface area (Å²) in [7, 11) is -3.82. The monoisotopic (exact) mass is 325 g/mol. The fourth-order valence-electron chi connectivity index (χ4n) is 2.26. The van der Waals surface area contributed by atoms with Gasteiger partial charge >= 0.3 is 0 Å². The standard InChI is InChI=1S/C12H20FNO6S/c1-6-9(13)11(16)10(15)8(20-6)4-5-21(18,19)14-12(17)7-2-3-7/h6-11,15-16H,2-5H2,1H3,(H,14,17)/t6?,8?,9?,10-,11-/m1/s1. The van der Waals surface area contributed by atoms with Gasteiger partial charge in [0, 0.05) is 5.92 Å². The zero-order valence-electron chi connectivity index (χ0n) is 11.6. The van der Waals surface area contributed by atoms with Gasteiger partial charge in [0.05, 0.1) is 18.0 Å². The number of amides is 1. The maximum atomic E-state index is 13.4. The average Bonchev–Trinajstić information content (AvgIpc) is 3.23. The number of hydrogen-bond acceptors (Lipinski definition) is 6. The lowest BCUT2D eigenvalue weighted by atomic mass is 9.95. The van der Waals surface area contributed by atoms with Crippen LogP contribution in [0.1, 0.15) is 26.2 Å². The van der Waals surface area contributed by atoms with E-state index in [1.165, 1.54) is 6.92 Å². The van der Waals surface area contributed by atoms with Crippen molar-refractivity contribution in [2.24, 2.45) is 5.92 Å². The molecule has 21 heavy (non-hydrogen) atoms. The number of rotatable bonds is 5. The molecule has 1 saturated carbocycles. The van der Waals surface area contributed by atoms with Gasteiger partial charge in [0.1, 0.15) is 12.2 Å². The lowest BCUT2D eigenvalue weighted by Gasteiger charge is -2.38. The normalized spacial score (nSPS) is 37.2. The maximum Gasteiger partial charge on any atom is 0.236 e. The fourth-order valence-corrected chi connectivity index (χ4v) is 3.38. The zero-order chi connectivity index (χ0) is 15.8. The molecule has 0 radical (unpaired) electrons. The Balaban J connectivity index is 1.87. The molecule has 5 atom stereocenters. The van der Waals surface area contributed by atoms with Crippen molar-refractivity contribution in [1.29, 1.82) is 0 Å². The van der Waals surface area contributed by atoms with Crippen molar-refractivity contribution >= 4 is 15.9 Å². The summed E-state index contributed by atoms with van der Waals surface area (Å²) in [4.78, 5) is 11.4. The third kappa shape index (κ3) is 4.12. The Labute approximate surface area is 122 Å². The molecule has 0 bridgehead atoms. The zero-order valence-corrected chi connectivity index (χ0v) is 12.4. The van der Waals surface area contributed by atoms with Gasteiger partial charge in [-0.05, 0) is 26.2 Å². The summed E-state index contributed by atoms with van der Waals surface area (Å²) < 4.78 is 44.1. The second-order valence-electron chi connectivity index (χ2n) is 5.65. The van der Waals surface area contributed by atoms with Crippen LogP contribution in [0.2, 0.25) is 0 Å². The van der Waals surface area contributed by atoms with Gasteiger partial charge in [0.15, 0.2) is 6.17 Å². The van der Waals surface area contributed by atoms with E-state index in [9.17, 15) is 27.8 Å². The van der Waals surface area contributed by atoms with Crippen molar-refractivity contribution in [3.63, 3.8) is 0 Å². The molecule has 9 heteroatoms. The van der Waals surface area contributed by atoms with Crippen LogP contribution >= 0.6 is 0 Å². The summed E-state index contributed by atoms with van der Waals surface area (Å²) in [6, 6.07) is 0. The van der Waals surface area contributed by atoms with Gasteiger partial charge in [-0.1, -0.05) is 0 Å². The molecule has 1 saturated heterocycles. The van der Waals surface area contributed by atoms with Gasteiger partial charge in [-0.2, -0.15) is 0 Å². The highest BCUT2D eigenvalue weighted by molar-refractivity contribution is 7.90. The van der Waals surface area contributed by atoms with Crippen LogP contribution in [-0.2, 0) is 19.6 Å². The Bertz CT molecular complexity index is 494. The molecule has 2 rings (SSSR count). The van der Waals surface area contributed by atoms with Crippen molar-refractivity contribution in [2.45, 2.75) is 56.8 Å². The second kappa shape index (κ2) is 6.15. The third-order valence-corrected chi connectivity index (χ3v) is 5.06. The number of carbonyl (C=O) groups excluding carboxylic acids is 1. The first-order valence-electron chi connectivity index (χ1n) is 6.91. The van der Waals surface area contributed by atoms with Crippen molar-refractivity contribution in [3.8, 4) is 0 Å². The molecule has 3 N–H and O–H groups in total. The minimum Gasteiger partial charge on any atom is -0.388 e. The average molecular weight is 325 g/mol. The van der Waals surface area contributed by atoms with Crippen LogP contribution in [0.15, 0.2) is 0 Å². The van der Waals surface area contributed by atoms with E-state index < -0.39 is 52.3 Å². The number of carbonyl (C=O) groups is 1. The first kappa shape index (κ1) is 16.6. The van der Waals surface area contributed by atoms with Crippen LogP contribution in [0.3, 0.4) is 0 Å². The highest BCUT2D eigenvalue weighted by atomic mass is 32.2. The molecular formula is C12H20FNO6S. The van der Waals surface area contributed by atoms with Gasteiger partial charge in [0.2, 0.25) is 15.9 Å². The molecule has 1 heterocycles. The van der Waals surface area contributed by atoms with E-state index >= 15 is 0 Å². The molecule has 1 amide bonds. The molecule has 7 nitrogen and oxygen atoms in total. The SMILES string of the molecule is CC1OC(CCS(=O)(=O)NC(=O)C2CC2)[C@@H](O)[C@H](O)C1F. The van der Waals surface area contributed by atoms with Crippen molar-refractivity contribution in [1.82, 2.24) is 4.72 Å². The van der Waals surface area contributed by atoms with Crippen LogP contribution < -0.4 is 4.72 Å². The Kier molecular flexibility index (Phi) is 4.86. The predicted octanol–water partition coefficient (Wildman–Crippen LogP) is -0.920. The summed E-state index contributed by atoms with van der Waals surface area (Å²) in [6.07, 6.45) is -5.51. The Morgan fingerprint density at radius 3 is 2.52 bits per heavy atom. The predicted molar refractivity (Wildman–Crippen MR) is 70.5 cm³/mol. The third-order valence-electron chi connectivity index (χ3n) is 3.77. The molecule has 0 spiro atoms. The van der Waals surface area contributed by atoms with Gasteiger partial charge in [-0.3, -0.25) is 9.52 Å². The lowest BCUT2D eigenvalue weighted by molar-refractivity contribution is -0.198. The summed E-state index contributed by atoms with van der Waals surface area (Å²) in [5, 5.41) is 19.2. The van der Waals surface area contributed by atoms with Crippen LogP contribution in [0, 0.1) is 5.92 Å². The first-order valence-corrected chi connectivity index (χ1v) is 8.56. The summed E-state index contributed by atoms with van der Waals surface area (Å²) in [5.41, 5.74) is 0. The summed E-state index contributed by atoms with van der Waals surface area (Å²) in [6.45, 7) is 1.40. The number of nitrogens with one attached hydrogen (secondary N) is 1. The summed E-state index contributed by atoms with van der Waals surface area (Å²) >= 11 is 0. The molecular weight excluding hydrogens is 305 g/mol. The quantitative estimate of drug-likeness (QED) is 0.602. The number of halogens is 1. The minimum atomic E-state index is -3.82. The van der Waals surface area contributed by atoms with E-state index in [0.29, 0.717) is 12.8 Å². The highest BCUT2D eigenvalue weighted by Crippen LogP contribution is 2.29. The molecule has 3 unspecified atom stereocenters. The van der Waals surface area contributed by atoms with Crippen molar-refractivity contribution in [3.05, 3.63) is 0 Å². The van der Waals surface area contributed by atoms with E-state index in [0.717, 1.165) is 0 Å². The lowest BCUT2D eigenvalue weighted by Crippen LogP contribution is -2.55. The topological polar surface area (TPSA) is 113 Å². The molecule has 122 valence electrons. The number of aliphatic hydroxyl groups excluding tert-OH is 2. The van der Waals surface area contributed by atoms with Gasteiger partial charge in [0.25, 0.3) is 0 Å². The molecule has 1 aliphatic heterocycles. The second-order valence-corrected chi connectivity index (χ2v) is 7.50. The van der Waals surface area contributed by atoms with Gasteiger partial charge in [-0.15, -0.1) is 0 Å². The van der Waals surface area contributed by atoms with Crippen LogP contribution in [0.4, 0.5) is 4.39 Å². The summed E-state index contributed by atoms with van der Waals surface area (Å²) in [5.74, 6) is -1.19. The molecule has 0 aromatic heterocycles. The van der Waals surface area contributed by atoms with Crippen molar-refractivity contribution < 1.29 is 32.6 Å². The van der Waals surface area contributed by atoms with Gasteiger partial charge < -0.3 is 14.9 Å². The van der Waals surface area contributed by atoms with E-state index in [1.807, 2.05) is 4.72 Å². The minimum absolute atomic E-state index is 0.136. The Morgan fingerprint density at radius 1 is 1.33 bits per heavy atom. The molecule has 0 aromatic rings.